The second-order valence-electron chi connectivity index (χ2n) is 6.76. The first-order valence-corrected chi connectivity index (χ1v) is 9.44. The van der Waals surface area contributed by atoms with Crippen molar-refractivity contribution in [1.29, 1.82) is 0 Å². The molecule has 1 aliphatic heterocycles. The molecular weight excluding hydrogens is 356 g/mol. The number of amides is 2. The highest BCUT2D eigenvalue weighted by Gasteiger charge is 2.23. The molecule has 148 valence electrons. The fourth-order valence-corrected chi connectivity index (χ4v) is 3.19. The predicted octanol–water partition coefficient (Wildman–Crippen LogP) is 2.05. The molecule has 2 amide bonds. The molecule has 0 atom stereocenters. The lowest BCUT2D eigenvalue weighted by Gasteiger charge is -2.34. The number of hydrogen-bond acceptors (Lipinski definition) is 5. The highest BCUT2D eigenvalue weighted by atomic mass is 16.5. The first kappa shape index (κ1) is 19.7. The summed E-state index contributed by atoms with van der Waals surface area (Å²) in [7, 11) is 1.66. The van der Waals surface area contributed by atoms with Crippen LogP contribution in [0.2, 0.25) is 0 Å². The summed E-state index contributed by atoms with van der Waals surface area (Å²) in [5.74, 6) is 1.60. The number of aromatic nitrogens is 1. The number of nitrogens with one attached hydrogen (secondary N) is 1. The van der Waals surface area contributed by atoms with Crippen molar-refractivity contribution in [2.45, 2.75) is 13.3 Å². The van der Waals surface area contributed by atoms with Crippen LogP contribution in [-0.2, 0) is 11.2 Å². The molecule has 1 aromatic carbocycles. The predicted molar refractivity (Wildman–Crippen MR) is 108 cm³/mol. The number of methoxy groups -OCH3 is 1. The van der Waals surface area contributed by atoms with Crippen LogP contribution >= 0.6 is 0 Å². The molecule has 0 aliphatic carbocycles. The molecule has 2 aromatic rings. The molecule has 0 radical (unpaired) electrons. The molecule has 7 nitrogen and oxygen atoms in total. The van der Waals surface area contributed by atoms with E-state index in [1.165, 1.54) is 5.56 Å². The van der Waals surface area contributed by atoms with Crippen LogP contribution in [0.1, 0.15) is 22.8 Å². The summed E-state index contributed by atoms with van der Waals surface area (Å²) < 4.78 is 5.23. The Bertz CT molecular complexity index is 815. The highest BCUT2D eigenvalue weighted by molar-refractivity contribution is 5.94. The molecule has 1 N–H and O–H groups in total. The topological polar surface area (TPSA) is 74.8 Å². The third-order valence-electron chi connectivity index (χ3n) is 4.88. The fraction of sp³-hybridized carbons (Fsp3) is 0.381. The molecule has 1 saturated heterocycles. The van der Waals surface area contributed by atoms with Crippen molar-refractivity contribution in [1.82, 2.24) is 14.8 Å². The molecule has 1 aromatic heterocycles. The quantitative estimate of drug-likeness (QED) is 0.828. The summed E-state index contributed by atoms with van der Waals surface area (Å²) in [6.07, 6.45) is 2.45. The van der Waals surface area contributed by atoms with Crippen LogP contribution in [0.3, 0.4) is 0 Å². The van der Waals surface area contributed by atoms with Crippen molar-refractivity contribution in [3.63, 3.8) is 0 Å². The van der Waals surface area contributed by atoms with Crippen LogP contribution < -0.4 is 10.1 Å². The minimum atomic E-state index is -0.0429. The Morgan fingerprint density at radius 3 is 2.50 bits per heavy atom. The second-order valence-corrected chi connectivity index (χ2v) is 6.76. The lowest BCUT2D eigenvalue weighted by Crippen LogP contribution is -2.50. The van der Waals surface area contributed by atoms with Crippen molar-refractivity contribution in [3.05, 3.63) is 53.7 Å². The highest BCUT2D eigenvalue weighted by Crippen LogP contribution is 2.14. The van der Waals surface area contributed by atoms with Gasteiger partial charge in [0, 0.05) is 45.8 Å². The Labute approximate surface area is 165 Å². The summed E-state index contributed by atoms with van der Waals surface area (Å²) in [6.45, 7) is 4.57. The van der Waals surface area contributed by atoms with Gasteiger partial charge in [-0.3, -0.25) is 9.59 Å². The number of carbonyl (C=O) groups is 2. The van der Waals surface area contributed by atoms with E-state index in [1.807, 2.05) is 24.3 Å². The molecular formula is C21H26N4O3. The Balaban J connectivity index is 1.49. The van der Waals surface area contributed by atoms with Crippen LogP contribution in [0.25, 0.3) is 0 Å². The van der Waals surface area contributed by atoms with E-state index < -0.39 is 0 Å². The van der Waals surface area contributed by atoms with Crippen LogP contribution in [0.15, 0.2) is 42.6 Å². The lowest BCUT2D eigenvalue weighted by atomic mass is 10.1. The normalized spacial score (nSPS) is 13.9. The molecule has 0 bridgehead atoms. The lowest BCUT2D eigenvalue weighted by molar-refractivity contribution is -0.130. The molecule has 7 heteroatoms. The van der Waals surface area contributed by atoms with Crippen LogP contribution in [0.4, 0.5) is 5.82 Å². The van der Waals surface area contributed by atoms with Crippen LogP contribution in [-0.4, -0.2) is 66.4 Å². The summed E-state index contributed by atoms with van der Waals surface area (Å²) in [6, 6.07) is 11.6. The van der Waals surface area contributed by atoms with E-state index in [0.29, 0.717) is 31.7 Å². The first-order chi connectivity index (χ1) is 13.6. The zero-order chi connectivity index (χ0) is 19.9. The minimum Gasteiger partial charge on any atom is -0.497 e. The van der Waals surface area contributed by atoms with Gasteiger partial charge in [-0.05, 0) is 36.2 Å². The fourth-order valence-electron chi connectivity index (χ4n) is 3.19. The Kier molecular flexibility index (Phi) is 6.47. The van der Waals surface area contributed by atoms with Crippen LogP contribution in [0, 0.1) is 0 Å². The van der Waals surface area contributed by atoms with Gasteiger partial charge in [0.05, 0.1) is 12.7 Å². The van der Waals surface area contributed by atoms with E-state index in [0.717, 1.165) is 24.5 Å². The van der Waals surface area contributed by atoms with E-state index in [-0.39, 0.29) is 11.8 Å². The number of pyridine rings is 1. The first-order valence-electron chi connectivity index (χ1n) is 9.44. The summed E-state index contributed by atoms with van der Waals surface area (Å²) >= 11 is 0. The number of hydrogen-bond donors (Lipinski definition) is 1. The summed E-state index contributed by atoms with van der Waals surface area (Å²) in [5.41, 5.74) is 1.75. The van der Waals surface area contributed by atoms with E-state index in [9.17, 15) is 9.59 Å². The Morgan fingerprint density at radius 2 is 1.86 bits per heavy atom. The maximum absolute atomic E-state index is 12.6. The van der Waals surface area contributed by atoms with Crippen molar-refractivity contribution < 1.29 is 14.3 Å². The average molecular weight is 382 g/mol. The SMILES string of the molecule is COc1cccc(CCNc2ccc(C(=O)N3CCN(C(C)=O)CC3)cn2)c1. The molecule has 2 heterocycles. The monoisotopic (exact) mass is 382 g/mol. The van der Waals surface area contributed by atoms with Gasteiger partial charge in [0.15, 0.2) is 0 Å². The van der Waals surface area contributed by atoms with Crippen LogP contribution in [0.5, 0.6) is 5.75 Å². The van der Waals surface area contributed by atoms with E-state index in [2.05, 4.69) is 16.4 Å². The molecule has 1 aliphatic rings. The Morgan fingerprint density at radius 1 is 1.11 bits per heavy atom. The number of piperazine rings is 1. The van der Waals surface area contributed by atoms with Crippen molar-refractivity contribution in [3.8, 4) is 5.75 Å². The zero-order valence-electron chi connectivity index (χ0n) is 16.4. The van der Waals surface area contributed by atoms with Crippen molar-refractivity contribution in [2.75, 3.05) is 45.2 Å². The molecule has 0 unspecified atom stereocenters. The van der Waals surface area contributed by atoms with Gasteiger partial charge in [0.1, 0.15) is 11.6 Å². The number of carbonyl (C=O) groups excluding carboxylic acids is 2. The van der Waals surface area contributed by atoms with Gasteiger partial charge in [-0.1, -0.05) is 12.1 Å². The van der Waals surface area contributed by atoms with E-state index in [4.69, 9.17) is 4.74 Å². The van der Waals surface area contributed by atoms with Crippen molar-refractivity contribution >= 4 is 17.6 Å². The summed E-state index contributed by atoms with van der Waals surface area (Å²) in [4.78, 5) is 31.9. The standard InChI is InChI=1S/C21H26N4O3/c1-16(26)24-10-12-25(13-11-24)21(27)18-6-7-20(23-15-18)22-9-8-17-4-3-5-19(14-17)28-2/h3-7,14-15H,8-13H2,1-2H3,(H,22,23). The van der Waals surface area contributed by atoms with Gasteiger partial charge in [-0.2, -0.15) is 0 Å². The van der Waals surface area contributed by atoms with Crippen molar-refractivity contribution in [2.24, 2.45) is 0 Å². The van der Waals surface area contributed by atoms with Gasteiger partial charge >= 0.3 is 0 Å². The van der Waals surface area contributed by atoms with Gasteiger partial charge in [0.25, 0.3) is 5.91 Å². The molecule has 1 fully saturated rings. The molecule has 3 rings (SSSR count). The van der Waals surface area contributed by atoms with Gasteiger partial charge in [-0.15, -0.1) is 0 Å². The molecule has 28 heavy (non-hydrogen) atoms. The molecule has 0 saturated carbocycles. The van der Waals surface area contributed by atoms with Gasteiger partial charge in [-0.25, -0.2) is 4.98 Å². The number of ether oxygens (including phenoxy) is 1. The van der Waals surface area contributed by atoms with Gasteiger partial charge < -0.3 is 19.9 Å². The summed E-state index contributed by atoms with van der Waals surface area (Å²) in [5, 5.41) is 3.27. The second kappa shape index (κ2) is 9.21. The third-order valence-corrected chi connectivity index (χ3v) is 4.88. The Hall–Kier alpha value is -3.09. The largest absolute Gasteiger partial charge is 0.497 e. The number of nitrogens with zero attached hydrogens (tertiary/aromatic N) is 3. The van der Waals surface area contributed by atoms with E-state index >= 15 is 0 Å². The maximum Gasteiger partial charge on any atom is 0.255 e. The third kappa shape index (κ3) is 5.00. The number of rotatable bonds is 6. The smallest absolute Gasteiger partial charge is 0.255 e. The zero-order valence-corrected chi connectivity index (χ0v) is 16.4. The average Bonchev–Trinajstić information content (AvgIpc) is 2.74. The van der Waals surface area contributed by atoms with Gasteiger partial charge in [0.2, 0.25) is 5.91 Å². The number of benzene rings is 1. The molecule has 0 spiro atoms. The number of anilines is 1. The minimum absolute atomic E-state index is 0.0429. The maximum atomic E-state index is 12.6. The van der Waals surface area contributed by atoms with E-state index in [1.54, 1.807) is 36.1 Å².